The molecule has 5 nitrogen and oxygen atoms in total. The van der Waals surface area contributed by atoms with Gasteiger partial charge in [-0.1, -0.05) is 0 Å². The molecule has 0 spiro atoms. The van der Waals surface area contributed by atoms with E-state index >= 15 is 0 Å². The van der Waals surface area contributed by atoms with E-state index in [4.69, 9.17) is 5.73 Å². The summed E-state index contributed by atoms with van der Waals surface area (Å²) in [7, 11) is 0. The number of hydrogen-bond acceptors (Lipinski definition) is 4. The molecule has 6 heteroatoms. The Morgan fingerprint density at radius 1 is 1.29 bits per heavy atom. The summed E-state index contributed by atoms with van der Waals surface area (Å²) >= 11 is 3.20. The van der Waals surface area contributed by atoms with E-state index in [9.17, 15) is 5.11 Å². The summed E-state index contributed by atoms with van der Waals surface area (Å²) in [5.41, 5.74) is 6.74. The summed E-state index contributed by atoms with van der Waals surface area (Å²) in [5.74, 6) is 0.110. The maximum atomic E-state index is 9.71. The largest absolute Gasteiger partial charge is 0.505 e. The van der Waals surface area contributed by atoms with Crippen molar-refractivity contribution in [3.63, 3.8) is 0 Å². The second-order valence-corrected chi connectivity index (χ2v) is 3.59. The van der Waals surface area contributed by atoms with Crippen molar-refractivity contribution in [2.75, 3.05) is 5.73 Å². The van der Waals surface area contributed by atoms with Gasteiger partial charge in [-0.3, -0.25) is 4.57 Å². The Labute approximate surface area is 88.3 Å². The van der Waals surface area contributed by atoms with Gasteiger partial charge in [0.2, 0.25) is 0 Å². The molecule has 0 unspecified atom stereocenters. The molecular formula is C8H7BrN4O. The van der Waals surface area contributed by atoms with Crippen LogP contribution in [0, 0.1) is 0 Å². The van der Waals surface area contributed by atoms with E-state index in [1.54, 1.807) is 16.7 Å². The van der Waals surface area contributed by atoms with Gasteiger partial charge in [-0.05, 0) is 28.1 Å². The van der Waals surface area contributed by atoms with Crippen molar-refractivity contribution in [2.45, 2.75) is 0 Å². The molecule has 3 N–H and O–H groups in total. The van der Waals surface area contributed by atoms with Crippen molar-refractivity contribution < 1.29 is 5.11 Å². The van der Waals surface area contributed by atoms with Gasteiger partial charge < -0.3 is 10.8 Å². The lowest BCUT2D eigenvalue weighted by Crippen LogP contribution is -1.94. The second-order valence-electron chi connectivity index (χ2n) is 2.74. The summed E-state index contributed by atoms with van der Waals surface area (Å²) in [5, 5.41) is 17.0. The molecule has 0 saturated carbocycles. The fourth-order valence-corrected chi connectivity index (χ4v) is 1.59. The number of benzene rings is 1. The normalized spacial score (nSPS) is 10.4. The van der Waals surface area contributed by atoms with Gasteiger partial charge in [-0.2, -0.15) is 0 Å². The zero-order valence-electron chi connectivity index (χ0n) is 7.05. The first-order chi connectivity index (χ1) is 6.68. The number of anilines is 1. The number of phenolic OH excluding ortho intramolecular Hbond substituents is 1. The number of halogens is 1. The van der Waals surface area contributed by atoms with Crippen LogP contribution in [-0.4, -0.2) is 19.9 Å². The molecule has 2 rings (SSSR count). The number of nitrogens with two attached hydrogens (primary N) is 1. The number of hydrogen-bond donors (Lipinski definition) is 2. The van der Waals surface area contributed by atoms with Crippen molar-refractivity contribution in [2.24, 2.45) is 0 Å². The standard InChI is InChI=1S/C8H7BrN4O/c9-6-1-5(10)2-7(8(6)14)13-3-11-12-4-13/h1-4,14H,10H2. The van der Waals surface area contributed by atoms with Crippen molar-refractivity contribution in [1.29, 1.82) is 0 Å². The molecule has 0 aliphatic rings. The molecule has 0 fully saturated rings. The highest BCUT2D eigenvalue weighted by molar-refractivity contribution is 9.10. The fraction of sp³-hybridized carbons (Fsp3) is 0. The minimum atomic E-state index is 0.110. The maximum absolute atomic E-state index is 9.71. The van der Waals surface area contributed by atoms with Crippen LogP contribution in [0.1, 0.15) is 0 Å². The Balaban J connectivity index is 2.64. The van der Waals surface area contributed by atoms with Crippen LogP contribution in [0.3, 0.4) is 0 Å². The summed E-state index contributed by atoms with van der Waals surface area (Å²) in [6.45, 7) is 0. The van der Waals surface area contributed by atoms with Crippen molar-refractivity contribution in [1.82, 2.24) is 14.8 Å². The first-order valence-corrected chi connectivity index (χ1v) is 4.61. The number of nitrogen functional groups attached to an aromatic ring is 1. The minimum Gasteiger partial charge on any atom is -0.505 e. The molecule has 0 aliphatic heterocycles. The predicted molar refractivity (Wildman–Crippen MR) is 55.1 cm³/mol. The van der Waals surface area contributed by atoms with Crippen LogP contribution >= 0.6 is 15.9 Å². The monoisotopic (exact) mass is 254 g/mol. The van der Waals surface area contributed by atoms with Gasteiger partial charge >= 0.3 is 0 Å². The molecule has 0 atom stereocenters. The highest BCUT2D eigenvalue weighted by atomic mass is 79.9. The van der Waals surface area contributed by atoms with Crippen LogP contribution in [0.25, 0.3) is 5.69 Å². The zero-order valence-corrected chi connectivity index (χ0v) is 8.64. The number of phenols is 1. The van der Waals surface area contributed by atoms with Crippen LogP contribution in [0.4, 0.5) is 5.69 Å². The molecule has 1 aromatic carbocycles. The molecule has 1 aromatic heterocycles. The molecule has 0 bridgehead atoms. The first-order valence-electron chi connectivity index (χ1n) is 3.81. The van der Waals surface area contributed by atoms with Crippen LogP contribution < -0.4 is 5.73 Å². The van der Waals surface area contributed by atoms with E-state index in [1.807, 2.05) is 0 Å². The highest BCUT2D eigenvalue weighted by Crippen LogP contribution is 2.32. The number of aromatic nitrogens is 3. The molecule has 72 valence electrons. The lowest BCUT2D eigenvalue weighted by Gasteiger charge is -2.07. The van der Waals surface area contributed by atoms with Crippen LogP contribution in [0.5, 0.6) is 5.75 Å². The lowest BCUT2D eigenvalue weighted by atomic mass is 10.2. The average molecular weight is 255 g/mol. The third-order valence-electron chi connectivity index (χ3n) is 1.76. The Hall–Kier alpha value is -1.56. The second kappa shape index (κ2) is 3.30. The Morgan fingerprint density at radius 2 is 1.93 bits per heavy atom. The topological polar surface area (TPSA) is 77.0 Å². The van der Waals surface area contributed by atoms with Crippen LogP contribution in [-0.2, 0) is 0 Å². The SMILES string of the molecule is Nc1cc(Br)c(O)c(-n2cnnc2)c1. The first kappa shape index (κ1) is 9.01. The third-order valence-corrected chi connectivity index (χ3v) is 2.37. The summed E-state index contributed by atoms with van der Waals surface area (Å²) in [6, 6.07) is 3.27. The molecule has 0 radical (unpaired) electrons. The minimum absolute atomic E-state index is 0.110. The van der Waals surface area contributed by atoms with E-state index in [0.717, 1.165) is 0 Å². The van der Waals surface area contributed by atoms with Gasteiger partial charge in [0, 0.05) is 5.69 Å². The van der Waals surface area contributed by atoms with E-state index < -0.39 is 0 Å². The predicted octanol–water partition coefficient (Wildman–Crippen LogP) is 1.32. The smallest absolute Gasteiger partial charge is 0.153 e. The molecule has 0 saturated heterocycles. The number of nitrogens with zero attached hydrogens (tertiary/aromatic N) is 3. The number of aromatic hydroxyl groups is 1. The summed E-state index contributed by atoms with van der Waals surface area (Å²) < 4.78 is 2.12. The summed E-state index contributed by atoms with van der Waals surface area (Å²) in [6.07, 6.45) is 2.97. The Kier molecular flexibility index (Phi) is 2.12. The van der Waals surface area contributed by atoms with Gasteiger partial charge in [0.05, 0.1) is 10.2 Å². The molecule has 2 aromatic rings. The number of rotatable bonds is 1. The fourth-order valence-electron chi connectivity index (χ4n) is 1.13. The van der Waals surface area contributed by atoms with E-state index in [2.05, 4.69) is 26.1 Å². The third kappa shape index (κ3) is 1.44. The van der Waals surface area contributed by atoms with Crippen LogP contribution in [0.2, 0.25) is 0 Å². The molecule has 1 heterocycles. The van der Waals surface area contributed by atoms with Crippen molar-refractivity contribution in [3.8, 4) is 11.4 Å². The average Bonchev–Trinajstić information content (AvgIpc) is 2.63. The highest BCUT2D eigenvalue weighted by Gasteiger charge is 2.08. The van der Waals surface area contributed by atoms with E-state index in [1.165, 1.54) is 12.7 Å². The lowest BCUT2D eigenvalue weighted by molar-refractivity contribution is 0.469. The van der Waals surface area contributed by atoms with Gasteiger partial charge in [-0.15, -0.1) is 10.2 Å². The van der Waals surface area contributed by atoms with Gasteiger partial charge in [0.25, 0.3) is 0 Å². The quantitative estimate of drug-likeness (QED) is 0.595. The van der Waals surface area contributed by atoms with Crippen molar-refractivity contribution in [3.05, 3.63) is 29.3 Å². The van der Waals surface area contributed by atoms with Gasteiger partial charge in [-0.25, -0.2) is 0 Å². The molecule has 0 aliphatic carbocycles. The van der Waals surface area contributed by atoms with Gasteiger partial charge in [0.15, 0.2) is 5.75 Å². The zero-order chi connectivity index (χ0) is 10.1. The summed E-state index contributed by atoms with van der Waals surface area (Å²) in [4.78, 5) is 0. The molecular weight excluding hydrogens is 248 g/mol. The van der Waals surface area contributed by atoms with Crippen LogP contribution in [0.15, 0.2) is 29.3 Å². The Bertz CT molecular complexity index is 455. The van der Waals surface area contributed by atoms with Crippen molar-refractivity contribution >= 4 is 21.6 Å². The molecule has 0 amide bonds. The molecule has 14 heavy (non-hydrogen) atoms. The maximum Gasteiger partial charge on any atom is 0.153 e. The van der Waals surface area contributed by atoms with E-state index in [0.29, 0.717) is 15.8 Å². The Morgan fingerprint density at radius 3 is 2.57 bits per heavy atom. The van der Waals surface area contributed by atoms with Gasteiger partial charge in [0.1, 0.15) is 12.7 Å². The van der Waals surface area contributed by atoms with E-state index in [-0.39, 0.29) is 5.75 Å².